The van der Waals surface area contributed by atoms with E-state index in [1.807, 2.05) is 51.1 Å². The smallest absolute Gasteiger partial charge is 0.264 e. The number of amides is 2. The maximum Gasteiger partial charge on any atom is 0.264 e. The molecule has 45 heavy (non-hydrogen) atoms. The van der Waals surface area contributed by atoms with Gasteiger partial charge in [-0.2, -0.15) is 0 Å². The molecular weight excluding hydrogens is 610 g/mol. The van der Waals surface area contributed by atoms with Crippen molar-refractivity contribution in [3.05, 3.63) is 119 Å². The van der Waals surface area contributed by atoms with Crippen molar-refractivity contribution in [3.8, 4) is 11.5 Å². The van der Waals surface area contributed by atoms with Gasteiger partial charge in [-0.3, -0.25) is 13.9 Å². The van der Waals surface area contributed by atoms with Crippen molar-refractivity contribution in [2.45, 2.75) is 57.6 Å². The number of halogens is 1. The van der Waals surface area contributed by atoms with Crippen molar-refractivity contribution in [2.75, 3.05) is 10.8 Å². The number of benzene rings is 4. The molecule has 2 amide bonds. The summed E-state index contributed by atoms with van der Waals surface area (Å²) in [6, 6.07) is 28.1. The van der Waals surface area contributed by atoms with Crippen molar-refractivity contribution in [2.24, 2.45) is 0 Å². The molecule has 0 heterocycles. The molecule has 0 bridgehead atoms. The van der Waals surface area contributed by atoms with Gasteiger partial charge in [0.2, 0.25) is 11.8 Å². The quantitative estimate of drug-likeness (QED) is 0.169. The SMILES string of the molecule is CCC(C)NC(=O)C(C)N(Cc1cccc(Cl)c1)C(=O)CN(c1ccc(Oc2ccccc2)cc1)S(=O)(=O)c1ccc(C)cc1. The van der Waals surface area contributed by atoms with Crippen molar-refractivity contribution in [1.29, 1.82) is 0 Å². The standard InChI is InChI=1S/C35H38ClN3O5S/c1-5-26(3)37-35(41)27(4)38(23-28-10-9-11-29(36)22-28)34(40)24-39(45(42,43)33-20-14-25(2)15-21-33)30-16-18-32(19-17-30)44-31-12-7-6-8-13-31/h6-22,26-27H,5,23-24H2,1-4H3,(H,37,41). The van der Waals surface area contributed by atoms with Gasteiger partial charge in [0, 0.05) is 17.6 Å². The number of sulfonamides is 1. The van der Waals surface area contributed by atoms with Crippen molar-refractivity contribution in [3.63, 3.8) is 0 Å². The summed E-state index contributed by atoms with van der Waals surface area (Å²) in [7, 11) is -4.20. The summed E-state index contributed by atoms with van der Waals surface area (Å²) in [5, 5.41) is 3.41. The Morgan fingerprint density at radius 1 is 0.867 bits per heavy atom. The van der Waals surface area contributed by atoms with Crippen LogP contribution < -0.4 is 14.4 Å². The monoisotopic (exact) mass is 647 g/mol. The highest BCUT2D eigenvalue weighted by Crippen LogP contribution is 2.29. The van der Waals surface area contributed by atoms with E-state index >= 15 is 0 Å². The fourth-order valence-corrected chi connectivity index (χ4v) is 6.18. The van der Waals surface area contributed by atoms with E-state index in [1.165, 1.54) is 17.0 Å². The molecule has 0 aliphatic heterocycles. The van der Waals surface area contributed by atoms with Crippen LogP contribution in [0.4, 0.5) is 5.69 Å². The van der Waals surface area contributed by atoms with Gasteiger partial charge in [-0.1, -0.05) is 66.6 Å². The predicted molar refractivity (Wildman–Crippen MR) is 178 cm³/mol. The number of hydrogen-bond acceptors (Lipinski definition) is 5. The second-order valence-electron chi connectivity index (χ2n) is 10.9. The molecule has 0 aromatic heterocycles. The summed E-state index contributed by atoms with van der Waals surface area (Å²) in [5.74, 6) is 0.241. The Bertz CT molecular complexity index is 1700. The van der Waals surface area contributed by atoms with Crippen LogP contribution in [0, 0.1) is 6.92 Å². The van der Waals surface area contributed by atoms with Crippen LogP contribution in [-0.2, 0) is 26.2 Å². The molecule has 0 aliphatic carbocycles. The molecule has 2 unspecified atom stereocenters. The van der Waals surface area contributed by atoms with Gasteiger partial charge in [0.05, 0.1) is 10.6 Å². The summed E-state index contributed by atoms with van der Waals surface area (Å²) in [4.78, 5) is 28.8. The molecule has 4 aromatic rings. The number of hydrogen-bond donors (Lipinski definition) is 1. The molecule has 0 fully saturated rings. The van der Waals surface area contributed by atoms with Gasteiger partial charge in [0.1, 0.15) is 24.1 Å². The topological polar surface area (TPSA) is 96.0 Å². The van der Waals surface area contributed by atoms with E-state index in [2.05, 4.69) is 5.32 Å². The molecule has 0 spiro atoms. The largest absolute Gasteiger partial charge is 0.457 e. The summed E-state index contributed by atoms with van der Waals surface area (Å²) in [6.07, 6.45) is 0.716. The molecule has 0 radical (unpaired) electrons. The van der Waals surface area contributed by atoms with Gasteiger partial charge in [0.15, 0.2) is 0 Å². The number of anilines is 1. The highest BCUT2D eigenvalue weighted by molar-refractivity contribution is 7.92. The second kappa shape index (κ2) is 15.1. The van der Waals surface area contributed by atoms with Crippen LogP contribution in [0.25, 0.3) is 0 Å². The Hall–Kier alpha value is -4.34. The predicted octanol–water partition coefficient (Wildman–Crippen LogP) is 6.97. The van der Waals surface area contributed by atoms with Crippen LogP contribution in [0.5, 0.6) is 11.5 Å². The third-order valence-corrected chi connectivity index (χ3v) is 9.42. The first kappa shape index (κ1) is 33.6. The molecule has 10 heteroatoms. The zero-order valence-electron chi connectivity index (χ0n) is 25.8. The molecule has 0 saturated heterocycles. The van der Waals surface area contributed by atoms with E-state index in [-0.39, 0.29) is 29.1 Å². The molecular formula is C35H38ClN3O5S. The molecule has 236 valence electrons. The number of aryl methyl sites for hydroxylation is 1. The van der Waals surface area contributed by atoms with Crippen molar-refractivity contribution >= 4 is 39.1 Å². The molecule has 0 aliphatic rings. The summed E-state index contributed by atoms with van der Waals surface area (Å²) < 4.78 is 35.2. The van der Waals surface area contributed by atoms with Crippen molar-refractivity contribution < 1.29 is 22.7 Å². The lowest BCUT2D eigenvalue weighted by Crippen LogP contribution is -2.52. The Labute approximate surface area is 270 Å². The van der Waals surface area contributed by atoms with Crippen LogP contribution in [0.3, 0.4) is 0 Å². The van der Waals surface area contributed by atoms with Crippen LogP contribution in [0.15, 0.2) is 108 Å². The minimum absolute atomic E-state index is 0.0365. The third-order valence-electron chi connectivity index (χ3n) is 7.40. The summed E-state index contributed by atoms with van der Waals surface area (Å²) >= 11 is 6.22. The van der Waals surface area contributed by atoms with E-state index in [9.17, 15) is 18.0 Å². The lowest BCUT2D eigenvalue weighted by molar-refractivity contribution is -0.139. The van der Waals surface area contributed by atoms with Crippen LogP contribution in [-0.4, -0.2) is 43.8 Å². The average molecular weight is 648 g/mol. The number of carbonyl (C=O) groups excluding carboxylic acids is 2. The minimum Gasteiger partial charge on any atom is -0.457 e. The van der Waals surface area contributed by atoms with Gasteiger partial charge in [-0.05, 0) is 93.4 Å². The first-order chi connectivity index (χ1) is 21.5. The molecule has 4 rings (SSSR count). The average Bonchev–Trinajstić information content (AvgIpc) is 3.03. The van der Waals surface area contributed by atoms with E-state index in [0.717, 1.165) is 9.87 Å². The van der Waals surface area contributed by atoms with E-state index < -0.39 is 28.5 Å². The Morgan fingerprint density at radius 3 is 2.13 bits per heavy atom. The van der Waals surface area contributed by atoms with Crippen LogP contribution >= 0.6 is 11.6 Å². The third kappa shape index (κ3) is 8.86. The maximum absolute atomic E-state index is 14.1. The number of rotatable bonds is 13. The second-order valence-corrected chi connectivity index (χ2v) is 13.2. The summed E-state index contributed by atoms with van der Waals surface area (Å²) in [5.41, 5.74) is 1.87. The lowest BCUT2D eigenvalue weighted by atomic mass is 10.1. The lowest BCUT2D eigenvalue weighted by Gasteiger charge is -2.32. The van der Waals surface area contributed by atoms with Gasteiger partial charge in [-0.25, -0.2) is 8.42 Å². The van der Waals surface area contributed by atoms with E-state index in [1.54, 1.807) is 67.6 Å². The fourth-order valence-electron chi connectivity index (χ4n) is 4.55. The maximum atomic E-state index is 14.1. The fraction of sp³-hybridized carbons (Fsp3) is 0.257. The number of carbonyl (C=O) groups is 2. The number of para-hydroxylation sites is 1. The Morgan fingerprint density at radius 2 is 1.51 bits per heavy atom. The molecule has 4 aromatic carbocycles. The van der Waals surface area contributed by atoms with Crippen LogP contribution in [0.2, 0.25) is 5.02 Å². The van der Waals surface area contributed by atoms with E-state index in [4.69, 9.17) is 16.3 Å². The molecule has 2 atom stereocenters. The van der Waals surface area contributed by atoms with Crippen molar-refractivity contribution in [1.82, 2.24) is 10.2 Å². The van der Waals surface area contributed by atoms with Gasteiger partial charge >= 0.3 is 0 Å². The first-order valence-electron chi connectivity index (χ1n) is 14.7. The number of nitrogens with zero attached hydrogens (tertiary/aromatic N) is 2. The number of ether oxygens (including phenoxy) is 1. The molecule has 0 saturated carbocycles. The Kier molecular flexibility index (Phi) is 11.3. The van der Waals surface area contributed by atoms with Gasteiger partial charge in [-0.15, -0.1) is 0 Å². The Balaban J connectivity index is 1.70. The zero-order valence-corrected chi connectivity index (χ0v) is 27.4. The first-order valence-corrected chi connectivity index (χ1v) is 16.6. The normalized spacial score (nSPS) is 12.6. The summed E-state index contributed by atoms with van der Waals surface area (Å²) in [6.45, 7) is 6.84. The van der Waals surface area contributed by atoms with Gasteiger partial charge in [0.25, 0.3) is 10.0 Å². The minimum atomic E-state index is -4.20. The van der Waals surface area contributed by atoms with Crippen LogP contribution in [0.1, 0.15) is 38.3 Å². The van der Waals surface area contributed by atoms with E-state index in [0.29, 0.717) is 28.5 Å². The highest BCUT2D eigenvalue weighted by atomic mass is 35.5. The zero-order chi connectivity index (χ0) is 32.6. The highest BCUT2D eigenvalue weighted by Gasteiger charge is 2.33. The molecule has 8 nitrogen and oxygen atoms in total. The van der Waals surface area contributed by atoms with Gasteiger partial charge < -0.3 is 15.0 Å². The molecule has 1 N–H and O–H groups in total. The number of nitrogens with one attached hydrogen (secondary N) is 1.